The number of para-hydroxylation sites is 1. The maximum atomic E-state index is 6.15. The van der Waals surface area contributed by atoms with Gasteiger partial charge in [0.1, 0.15) is 0 Å². The minimum atomic E-state index is -0.0504. The molecule has 3 rings (SSSR count). The van der Waals surface area contributed by atoms with E-state index >= 15 is 0 Å². The number of halogens is 1. The highest BCUT2D eigenvalue weighted by atomic mass is 35.5. The van der Waals surface area contributed by atoms with Crippen LogP contribution in [0.2, 0.25) is 5.02 Å². The van der Waals surface area contributed by atoms with E-state index in [1.54, 1.807) is 0 Å². The Morgan fingerprint density at radius 2 is 1.90 bits per heavy atom. The molecule has 1 heterocycles. The van der Waals surface area contributed by atoms with E-state index in [0.717, 1.165) is 27.0 Å². The van der Waals surface area contributed by atoms with Gasteiger partial charge in [0.25, 0.3) is 0 Å². The van der Waals surface area contributed by atoms with Crippen LogP contribution < -0.4 is 0 Å². The van der Waals surface area contributed by atoms with Crippen LogP contribution in [0.5, 0.6) is 0 Å². The zero-order valence-corrected chi connectivity index (χ0v) is 12.3. The monoisotopic (exact) mass is 285 g/mol. The Balaban J connectivity index is 2.38. The van der Waals surface area contributed by atoms with E-state index in [2.05, 4.69) is 12.1 Å². The SMILES string of the molecule is CCOC(C)c1nc2ccccc2c2ccc(Cl)cc12. The quantitative estimate of drug-likeness (QED) is 0.622. The van der Waals surface area contributed by atoms with Crippen molar-refractivity contribution in [2.45, 2.75) is 20.0 Å². The van der Waals surface area contributed by atoms with Crippen molar-refractivity contribution in [3.63, 3.8) is 0 Å². The number of hydrogen-bond donors (Lipinski definition) is 0. The van der Waals surface area contributed by atoms with Gasteiger partial charge in [-0.25, -0.2) is 4.98 Å². The summed E-state index contributed by atoms with van der Waals surface area (Å²) in [5, 5.41) is 4.10. The molecule has 0 spiro atoms. The van der Waals surface area contributed by atoms with Gasteiger partial charge in [0.15, 0.2) is 0 Å². The summed E-state index contributed by atoms with van der Waals surface area (Å²) in [5.41, 5.74) is 1.94. The lowest BCUT2D eigenvalue weighted by molar-refractivity contribution is 0.0747. The van der Waals surface area contributed by atoms with Crippen molar-refractivity contribution in [1.82, 2.24) is 4.98 Å². The summed E-state index contributed by atoms with van der Waals surface area (Å²) in [6.07, 6.45) is -0.0504. The summed E-state index contributed by atoms with van der Waals surface area (Å²) in [6, 6.07) is 14.1. The number of benzene rings is 2. The first-order valence-electron chi connectivity index (χ1n) is 6.80. The Kier molecular flexibility index (Phi) is 3.60. The normalized spacial score (nSPS) is 12.9. The van der Waals surface area contributed by atoms with Crippen molar-refractivity contribution >= 4 is 33.3 Å². The fourth-order valence-electron chi connectivity index (χ4n) is 2.59. The molecule has 3 heteroatoms. The van der Waals surface area contributed by atoms with E-state index < -0.39 is 0 Å². The second-order valence-electron chi connectivity index (χ2n) is 4.80. The molecule has 0 aliphatic rings. The molecular formula is C17H16ClNO. The second-order valence-corrected chi connectivity index (χ2v) is 5.24. The van der Waals surface area contributed by atoms with E-state index in [-0.39, 0.29) is 6.10 Å². The number of fused-ring (bicyclic) bond motifs is 3. The van der Waals surface area contributed by atoms with Crippen molar-refractivity contribution in [1.29, 1.82) is 0 Å². The molecule has 2 aromatic carbocycles. The van der Waals surface area contributed by atoms with Crippen LogP contribution in [0.15, 0.2) is 42.5 Å². The van der Waals surface area contributed by atoms with Crippen molar-refractivity contribution in [3.05, 3.63) is 53.2 Å². The smallest absolute Gasteiger partial charge is 0.0972 e. The Hall–Kier alpha value is -1.64. The van der Waals surface area contributed by atoms with Gasteiger partial charge in [-0.3, -0.25) is 0 Å². The first-order valence-corrected chi connectivity index (χ1v) is 7.18. The Labute approximate surface area is 123 Å². The molecule has 2 nitrogen and oxygen atoms in total. The molecule has 0 saturated heterocycles. The van der Waals surface area contributed by atoms with Gasteiger partial charge in [-0.05, 0) is 37.4 Å². The van der Waals surface area contributed by atoms with Crippen LogP contribution in [0, 0.1) is 0 Å². The summed E-state index contributed by atoms with van der Waals surface area (Å²) in [5.74, 6) is 0. The van der Waals surface area contributed by atoms with Crippen LogP contribution in [-0.4, -0.2) is 11.6 Å². The van der Waals surface area contributed by atoms with Gasteiger partial charge in [-0.15, -0.1) is 0 Å². The Morgan fingerprint density at radius 1 is 1.10 bits per heavy atom. The highest BCUT2D eigenvalue weighted by Gasteiger charge is 2.14. The molecule has 0 aliphatic heterocycles. The lowest BCUT2D eigenvalue weighted by atomic mass is 10.0. The van der Waals surface area contributed by atoms with E-state index in [1.807, 2.05) is 44.2 Å². The number of nitrogens with zero attached hydrogens (tertiary/aromatic N) is 1. The molecule has 0 bridgehead atoms. The predicted octanol–water partition coefficient (Wildman–Crippen LogP) is 5.14. The molecule has 0 aliphatic carbocycles. The van der Waals surface area contributed by atoms with Crippen molar-refractivity contribution in [2.75, 3.05) is 6.61 Å². The average molecular weight is 286 g/mol. The molecular weight excluding hydrogens is 270 g/mol. The number of pyridine rings is 1. The average Bonchev–Trinajstić information content (AvgIpc) is 2.46. The van der Waals surface area contributed by atoms with Crippen LogP contribution in [0.3, 0.4) is 0 Å². The zero-order chi connectivity index (χ0) is 14.1. The number of rotatable bonds is 3. The molecule has 0 N–H and O–H groups in total. The third kappa shape index (κ3) is 2.26. The third-order valence-electron chi connectivity index (χ3n) is 3.49. The molecule has 102 valence electrons. The van der Waals surface area contributed by atoms with Gasteiger partial charge < -0.3 is 4.74 Å². The van der Waals surface area contributed by atoms with Crippen LogP contribution in [0.1, 0.15) is 25.6 Å². The number of aromatic nitrogens is 1. The Bertz CT molecular complexity index is 769. The summed E-state index contributed by atoms with van der Waals surface area (Å²) >= 11 is 6.15. The van der Waals surface area contributed by atoms with Crippen LogP contribution >= 0.6 is 11.6 Å². The highest BCUT2D eigenvalue weighted by Crippen LogP contribution is 2.32. The topological polar surface area (TPSA) is 22.1 Å². The molecule has 1 aromatic heterocycles. The van der Waals surface area contributed by atoms with E-state index in [9.17, 15) is 0 Å². The van der Waals surface area contributed by atoms with Crippen LogP contribution in [0.25, 0.3) is 21.7 Å². The maximum absolute atomic E-state index is 6.15. The Morgan fingerprint density at radius 3 is 2.70 bits per heavy atom. The van der Waals surface area contributed by atoms with Gasteiger partial charge in [0, 0.05) is 22.4 Å². The lowest BCUT2D eigenvalue weighted by Gasteiger charge is -2.15. The molecule has 0 fully saturated rings. The summed E-state index contributed by atoms with van der Waals surface area (Å²) in [4.78, 5) is 4.78. The molecule has 0 radical (unpaired) electrons. The number of ether oxygens (including phenoxy) is 1. The van der Waals surface area contributed by atoms with Gasteiger partial charge in [0.2, 0.25) is 0 Å². The zero-order valence-electron chi connectivity index (χ0n) is 11.6. The summed E-state index contributed by atoms with van der Waals surface area (Å²) in [6.45, 7) is 4.69. The highest BCUT2D eigenvalue weighted by molar-refractivity contribution is 6.31. The standard InChI is InChI=1S/C17H16ClNO/c1-3-20-11(2)17-15-10-12(18)8-9-13(15)14-6-4-5-7-16(14)19-17/h4-11H,3H2,1-2H3. The fourth-order valence-corrected chi connectivity index (χ4v) is 2.76. The van der Waals surface area contributed by atoms with Crippen LogP contribution in [-0.2, 0) is 4.74 Å². The first-order chi connectivity index (χ1) is 9.70. The third-order valence-corrected chi connectivity index (χ3v) is 3.73. The number of hydrogen-bond acceptors (Lipinski definition) is 2. The van der Waals surface area contributed by atoms with Gasteiger partial charge in [0.05, 0.1) is 17.3 Å². The van der Waals surface area contributed by atoms with E-state index in [1.165, 1.54) is 5.39 Å². The summed E-state index contributed by atoms with van der Waals surface area (Å²) < 4.78 is 5.72. The maximum Gasteiger partial charge on any atom is 0.0972 e. The molecule has 0 amide bonds. The second kappa shape index (κ2) is 5.39. The minimum Gasteiger partial charge on any atom is -0.372 e. The van der Waals surface area contributed by atoms with Crippen LogP contribution in [0.4, 0.5) is 0 Å². The predicted molar refractivity (Wildman–Crippen MR) is 84.3 cm³/mol. The van der Waals surface area contributed by atoms with Crippen molar-refractivity contribution in [3.8, 4) is 0 Å². The van der Waals surface area contributed by atoms with Crippen molar-refractivity contribution < 1.29 is 4.74 Å². The van der Waals surface area contributed by atoms with E-state index in [0.29, 0.717) is 6.61 Å². The van der Waals surface area contributed by atoms with Crippen molar-refractivity contribution in [2.24, 2.45) is 0 Å². The molecule has 1 unspecified atom stereocenters. The fraction of sp³-hybridized carbons (Fsp3) is 0.235. The van der Waals surface area contributed by atoms with E-state index in [4.69, 9.17) is 21.3 Å². The molecule has 3 aromatic rings. The molecule has 20 heavy (non-hydrogen) atoms. The minimum absolute atomic E-state index is 0.0504. The van der Waals surface area contributed by atoms with Gasteiger partial charge in [-0.2, -0.15) is 0 Å². The largest absolute Gasteiger partial charge is 0.372 e. The lowest BCUT2D eigenvalue weighted by Crippen LogP contribution is -2.03. The first kappa shape index (κ1) is 13.3. The summed E-state index contributed by atoms with van der Waals surface area (Å²) in [7, 11) is 0. The molecule has 1 atom stereocenters. The molecule has 0 saturated carbocycles. The van der Waals surface area contributed by atoms with Gasteiger partial charge in [-0.1, -0.05) is 35.9 Å². The van der Waals surface area contributed by atoms with Gasteiger partial charge >= 0.3 is 0 Å².